The van der Waals surface area contributed by atoms with Crippen LogP contribution >= 0.6 is 0 Å². The van der Waals surface area contributed by atoms with Crippen molar-refractivity contribution in [3.8, 4) is 39.1 Å². The fourth-order valence-corrected chi connectivity index (χ4v) is 10.4. The standard InChI is InChI=1S/C60H37N/c1-4-18-45-38(13-1)16-11-23-47(45)42-29-33-50-54(35-42)55-36-43(48-24-12-17-39-14-2-5-19-46(39)48)30-34-53(55)60-56(50)37-41-15-3-6-20-49(41)59(60)40-27-31-44(32-28-40)61-57-25-9-7-21-51(57)52-22-8-10-26-58(52)61/h1-37H. The van der Waals surface area contributed by atoms with Crippen LogP contribution in [0.5, 0.6) is 0 Å². The van der Waals surface area contributed by atoms with Gasteiger partial charge in [-0.25, -0.2) is 0 Å². The van der Waals surface area contributed by atoms with Crippen molar-refractivity contribution in [3.05, 3.63) is 224 Å². The lowest BCUT2D eigenvalue weighted by atomic mass is 9.84. The maximum absolute atomic E-state index is 2.45. The Morgan fingerprint density at radius 1 is 0.246 bits per heavy atom. The first-order chi connectivity index (χ1) is 30.3. The van der Waals surface area contributed by atoms with Crippen LogP contribution in [0, 0.1) is 0 Å². The Balaban J connectivity index is 1.11. The van der Waals surface area contributed by atoms with Gasteiger partial charge in [-0.3, -0.25) is 0 Å². The Labute approximate surface area is 353 Å². The molecule has 0 saturated carbocycles. The third-order valence-electron chi connectivity index (χ3n) is 13.1. The second-order valence-corrected chi connectivity index (χ2v) is 16.4. The van der Waals surface area contributed by atoms with E-state index in [2.05, 4.69) is 229 Å². The van der Waals surface area contributed by atoms with Crippen molar-refractivity contribution < 1.29 is 0 Å². The van der Waals surface area contributed by atoms with Gasteiger partial charge in [0.05, 0.1) is 11.0 Å². The van der Waals surface area contributed by atoms with Gasteiger partial charge in [0.1, 0.15) is 0 Å². The third-order valence-corrected chi connectivity index (χ3v) is 13.1. The highest BCUT2D eigenvalue weighted by Gasteiger charge is 2.19. The van der Waals surface area contributed by atoms with E-state index in [1.54, 1.807) is 0 Å². The monoisotopic (exact) mass is 771 g/mol. The minimum atomic E-state index is 1.15. The van der Waals surface area contributed by atoms with Crippen molar-refractivity contribution in [2.24, 2.45) is 0 Å². The Bertz CT molecular complexity index is 3860. The second-order valence-electron chi connectivity index (χ2n) is 16.4. The number of hydrogen-bond donors (Lipinski definition) is 0. The normalized spacial score (nSPS) is 11.9. The highest BCUT2D eigenvalue weighted by molar-refractivity contribution is 6.33. The van der Waals surface area contributed by atoms with E-state index >= 15 is 0 Å². The third kappa shape index (κ3) is 5.14. The summed E-state index contributed by atoms with van der Waals surface area (Å²) in [6.45, 7) is 0. The summed E-state index contributed by atoms with van der Waals surface area (Å²) in [5.74, 6) is 0. The van der Waals surface area contributed by atoms with E-state index in [0.717, 1.165) is 5.69 Å². The molecule has 1 aromatic heterocycles. The molecule has 0 unspecified atom stereocenters. The summed E-state index contributed by atoms with van der Waals surface area (Å²) < 4.78 is 2.40. The van der Waals surface area contributed by atoms with Gasteiger partial charge in [-0.05, 0) is 140 Å². The summed E-state index contributed by atoms with van der Waals surface area (Å²) in [5, 5.41) is 17.7. The van der Waals surface area contributed by atoms with Crippen molar-refractivity contribution in [2.45, 2.75) is 0 Å². The molecule has 0 aliphatic heterocycles. The summed E-state index contributed by atoms with van der Waals surface area (Å²) >= 11 is 0. The molecule has 0 N–H and O–H groups in total. The topological polar surface area (TPSA) is 4.93 Å². The Kier molecular flexibility index (Phi) is 7.37. The molecule has 61 heavy (non-hydrogen) atoms. The van der Waals surface area contributed by atoms with Crippen molar-refractivity contribution in [2.75, 3.05) is 0 Å². The molecule has 0 spiro atoms. The van der Waals surface area contributed by atoms with Gasteiger partial charge < -0.3 is 4.57 Å². The minimum Gasteiger partial charge on any atom is -0.309 e. The van der Waals surface area contributed by atoms with Crippen LogP contribution in [0.4, 0.5) is 0 Å². The van der Waals surface area contributed by atoms with E-state index in [4.69, 9.17) is 0 Å². The molecule has 0 atom stereocenters. The Morgan fingerprint density at radius 2 is 0.705 bits per heavy atom. The molecule has 282 valence electrons. The molecule has 1 heterocycles. The average molecular weight is 772 g/mol. The molecule has 1 heteroatoms. The van der Waals surface area contributed by atoms with E-state index < -0.39 is 0 Å². The van der Waals surface area contributed by atoms with Crippen LogP contribution in [-0.2, 0) is 0 Å². The van der Waals surface area contributed by atoms with Crippen molar-refractivity contribution in [1.82, 2.24) is 4.57 Å². The largest absolute Gasteiger partial charge is 0.309 e. The minimum absolute atomic E-state index is 1.15. The number of nitrogens with zero attached hydrogens (tertiary/aromatic N) is 1. The molecule has 0 aliphatic carbocycles. The van der Waals surface area contributed by atoms with Crippen LogP contribution in [0.3, 0.4) is 0 Å². The molecule has 0 aliphatic rings. The quantitative estimate of drug-likeness (QED) is 0.124. The molecule has 0 radical (unpaired) electrons. The predicted octanol–water partition coefficient (Wildman–Crippen LogP) is 16.7. The van der Waals surface area contributed by atoms with Crippen LogP contribution in [0.1, 0.15) is 0 Å². The highest BCUT2D eigenvalue weighted by atomic mass is 15.0. The Morgan fingerprint density at radius 3 is 1.31 bits per heavy atom. The number of aromatic nitrogens is 1. The van der Waals surface area contributed by atoms with Crippen LogP contribution in [0.25, 0.3) is 126 Å². The molecule has 0 amide bonds. The fourth-order valence-electron chi connectivity index (χ4n) is 10.4. The van der Waals surface area contributed by atoms with Crippen molar-refractivity contribution in [1.29, 1.82) is 0 Å². The van der Waals surface area contributed by atoms with Crippen molar-refractivity contribution in [3.63, 3.8) is 0 Å². The van der Waals surface area contributed by atoms with Gasteiger partial charge in [0.25, 0.3) is 0 Å². The Hall–Kier alpha value is -8.00. The highest BCUT2D eigenvalue weighted by Crippen LogP contribution is 2.47. The lowest BCUT2D eigenvalue weighted by Crippen LogP contribution is -1.94. The zero-order valence-corrected chi connectivity index (χ0v) is 33.3. The molecule has 0 saturated heterocycles. The number of rotatable bonds is 4. The molecule has 1 nitrogen and oxygen atoms in total. The maximum atomic E-state index is 2.45. The van der Waals surface area contributed by atoms with Gasteiger partial charge in [-0.1, -0.05) is 182 Å². The summed E-state index contributed by atoms with van der Waals surface area (Å²) in [5.41, 5.74) is 11.0. The van der Waals surface area contributed by atoms with Gasteiger partial charge in [0, 0.05) is 16.5 Å². The molecule has 0 fully saturated rings. The van der Waals surface area contributed by atoms with E-state index in [1.807, 2.05) is 0 Å². The molecule has 0 bridgehead atoms. The zero-order valence-electron chi connectivity index (χ0n) is 33.3. The number of hydrogen-bond acceptors (Lipinski definition) is 0. The average Bonchev–Trinajstić information content (AvgIpc) is 3.67. The molecule has 13 aromatic rings. The van der Waals surface area contributed by atoms with Crippen LogP contribution in [0.15, 0.2) is 224 Å². The number of benzene rings is 12. The number of para-hydroxylation sites is 2. The summed E-state index contributed by atoms with van der Waals surface area (Å²) in [4.78, 5) is 0. The summed E-state index contributed by atoms with van der Waals surface area (Å²) in [6.07, 6.45) is 0. The van der Waals surface area contributed by atoms with E-state index in [9.17, 15) is 0 Å². The van der Waals surface area contributed by atoms with Crippen LogP contribution in [-0.4, -0.2) is 4.57 Å². The van der Waals surface area contributed by atoms with Gasteiger partial charge in [0.15, 0.2) is 0 Å². The smallest absolute Gasteiger partial charge is 0.0541 e. The first-order valence-corrected chi connectivity index (χ1v) is 21.2. The first-order valence-electron chi connectivity index (χ1n) is 21.2. The van der Waals surface area contributed by atoms with Gasteiger partial charge in [-0.15, -0.1) is 0 Å². The number of fused-ring (bicyclic) bond motifs is 12. The molecular formula is C60H37N. The van der Waals surface area contributed by atoms with Crippen molar-refractivity contribution >= 4 is 86.4 Å². The SMILES string of the molecule is c1ccc2c(-c3ccc4c(c3)c3cc(-c5cccc6ccccc56)ccc3c3c(-c5ccc(-n6c7ccccc7c7ccccc76)cc5)c5ccccc5cc43)cccc2c1. The fraction of sp³-hybridized carbons (Fsp3) is 0. The van der Waals surface area contributed by atoms with E-state index in [-0.39, 0.29) is 0 Å². The molecular weight excluding hydrogens is 735 g/mol. The van der Waals surface area contributed by atoms with Gasteiger partial charge >= 0.3 is 0 Å². The van der Waals surface area contributed by atoms with Crippen LogP contribution in [0.2, 0.25) is 0 Å². The molecule has 13 rings (SSSR count). The lowest BCUT2D eigenvalue weighted by molar-refractivity contribution is 1.18. The maximum Gasteiger partial charge on any atom is 0.0541 e. The zero-order chi connectivity index (χ0) is 40.0. The molecule has 12 aromatic carbocycles. The van der Waals surface area contributed by atoms with Gasteiger partial charge in [0.2, 0.25) is 0 Å². The summed E-state index contributed by atoms with van der Waals surface area (Å²) in [6, 6.07) is 83.3. The van der Waals surface area contributed by atoms with E-state index in [0.29, 0.717) is 0 Å². The second kappa shape index (κ2) is 13.3. The lowest BCUT2D eigenvalue weighted by Gasteiger charge is -2.19. The van der Waals surface area contributed by atoms with E-state index in [1.165, 1.54) is 120 Å². The summed E-state index contributed by atoms with van der Waals surface area (Å²) in [7, 11) is 0. The van der Waals surface area contributed by atoms with Crippen LogP contribution < -0.4 is 0 Å². The van der Waals surface area contributed by atoms with Gasteiger partial charge in [-0.2, -0.15) is 0 Å². The first kappa shape index (κ1) is 33.9. The predicted molar refractivity (Wildman–Crippen MR) is 262 cm³/mol.